The number of allylic oxidation sites excluding steroid dienone is 2. The molecule has 0 unspecified atom stereocenters. The number of rotatable bonds is 9. The van der Waals surface area contributed by atoms with Crippen LogP contribution in [0, 0.1) is 13.8 Å². The van der Waals surface area contributed by atoms with Crippen molar-refractivity contribution < 1.29 is 9.59 Å². The van der Waals surface area contributed by atoms with Crippen LogP contribution in [0.5, 0.6) is 0 Å². The number of carbonyl (C=O) groups excluding carboxylic acids is 2. The van der Waals surface area contributed by atoms with Gasteiger partial charge in [0.25, 0.3) is 11.8 Å². The molecule has 0 aliphatic rings. The molecule has 2 aromatic carbocycles. The molecular weight excluding hydrogens is 628 g/mol. The Hall–Kier alpha value is -5.23. The Morgan fingerprint density at radius 1 is 0.729 bits per heavy atom. The Morgan fingerprint density at radius 2 is 1.23 bits per heavy atom. The molecule has 6 aromatic rings. The molecule has 6 rings (SSSR count). The van der Waals surface area contributed by atoms with Crippen LogP contribution in [0.25, 0.3) is 22.1 Å². The predicted molar refractivity (Wildman–Crippen MR) is 186 cm³/mol. The van der Waals surface area contributed by atoms with E-state index in [0.29, 0.717) is 54.7 Å². The normalized spacial score (nSPS) is 12.8. The lowest BCUT2D eigenvalue weighted by Gasteiger charge is -2.06. The van der Waals surface area contributed by atoms with Crippen molar-refractivity contribution in [2.75, 3.05) is 0 Å². The molecule has 0 saturated heterocycles. The van der Waals surface area contributed by atoms with Crippen LogP contribution in [0.15, 0.2) is 76.7 Å². The molecule has 0 aliphatic carbocycles. The summed E-state index contributed by atoms with van der Waals surface area (Å²) in [5.74, 6) is -0.409. The molecule has 13 heteroatoms. The number of alkyl halides is 1. The monoisotopic (exact) mass is 666 g/mol. The number of imidazole rings is 2. The van der Waals surface area contributed by atoms with Gasteiger partial charge in [-0.25, -0.2) is 0 Å². The highest BCUT2D eigenvalue weighted by Crippen LogP contribution is 2.20. The Morgan fingerprint density at radius 3 is 1.79 bits per heavy atom. The third-order valence-electron chi connectivity index (χ3n) is 8.48. The minimum Gasteiger partial charge on any atom is -0.313 e. The van der Waals surface area contributed by atoms with E-state index in [-0.39, 0.29) is 11.8 Å². The van der Waals surface area contributed by atoms with Crippen LogP contribution in [0.3, 0.4) is 0 Å². The highest BCUT2D eigenvalue weighted by molar-refractivity contribution is 6.17. The molecule has 2 amide bonds. The molecule has 0 atom stereocenters. The first-order valence-corrected chi connectivity index (χ1v) is 16.5. The van der Waals surface area contributed by atoms with Crippen LogP contribution in [0.1, 0.15) is 51.8 Å². The van der Waals surface area contributed by atoms with Gasteiger partial charge in [0, 0.05) is 46.2 Å². The summed E-state index contributed by atoms with van der Waals surface area (Å²) in [5.41, 5.74) is 8.11. The number of aromatic nitrogens is 8. The van der Waals surface area contributed by atoms with Crippen LogP contribution in [-0.4, -0.2) is 49.6 Å². The van der Waals surface area contributed by atoms with Gasteiger partial charge in [-0.1, -0.05) is 36.4 Å². The zero-order chi connectivity index (χ0) is 34.1. The number of hydrogen-bond acceptors (Lipinski definition) is 4. The summed E-state index contributed by atoms with van der Waals surface area (Å²) >= 11 is 6.41. The first-order chi connectivity index (χ1) is 23.2. The second-order valence-corrected chi connectivity index (χ2v) is 11.9. The van der Waals surface area contributed by atoms with Gasteiger partial charge in [0.15, 0.2) is 0 Å². The lowest BCUT2D eigenvalue weighted by atomic mass is 10.2. The standard InChI is InChI=1S/C35H39ClN10O2/c1-7-45-29(20-23(3)39-45)32(47)37-34-41(5)26-15-9-10-16-27(26)43(34)18-11-12-19-44-31-25(22-36)14-13-17-28(31)42(6)35(44)38-33(48)30-21-24(4)40-46(30)8-2/h9-17,20-21H,7-8,18-19,22H2,1-6H3/b12-11+,37-34?,38-35?. The minimum atomic E-state index is -0.365. The van der Waals surface area contributed by atoms with Gasteiger partial charge >= 0.3 is 0 Å². The summed E-state index contributed by atoms with van der Waals surface area (Å²) in [6.45, 7) is 9.63. The van der Waals surface area contributed by atoms with Gasteiger partial charge < -0.3 is 18.3 Å². The molecule has 4 aromatic heterocycles. The molecule has 48 heavy (non-hydrogen) atoms. The van der Waals surface area contributed by atoms with E-state index in [0.717, 1.165) is 39.0 Å². The zero-order valence-corrected chi connectivity index (χ0v) is 28.8. The number of carbonyl (C=O) groups is 2. The molecule has 0 spiro atoms. The minimum absolute atomic E-state index is 0.307. The fourth-order valence-corrected chi connectivity index (χ4v) is 6.44. The van der Waals surface area contributed by atoms with Crippen molar-refractivity contribution in [2.45, 2.75) is 59.8 Å². The molecule has 0 radical (unpaired) electrons. The third kappa shape index (κ3) is 5.87. The number of para-hydroxylation sites is 3. The lowest BCUT2D eigenvalue weighted by molar-refractivity contribution is 0.0977. The first kappa shape index (κ1) is 32.7. The fraction of sp³-hybridized carbons (Fsp3) is 0.314. The fourth-order valence-electron chi connectivity index (χ4n) is 6.23. The maximum Gasteiger partial charge on any atom is 0.298 e. The van der Waals surface area contributed by atoms with Gasteiger partial charge in [0.05, 0.1) is 33.5 Å². The SMILES string of the molecule is CCn1nc(C)cc1C(=O)N=c1n(C)c2ccccc2n1C/C=C/Cn1c(=NC(=O)c2cc(C)nn2CC)n(C)c2cccc(CCl)c21. The molecule has 0 fully saturated rings. The second-order valence-electron chi connectivity index (χ2n) is 11.6. The van der Waals surface area contributed by atoms with E-state index in [1.807, 2.05) is 115 Å². The number of fused-ring (bicyclic) bond motifs is 2. The highest BCUT2D eigenvalue weighted by atomic mass is 35.5. The molecular formula is C35H39ClN10O2. The van der Waals surface area contributed by atoms with Crippen molar-refractivity contribution in [1.82, 2.24) is 37.8 Å². The van der Waals surface area contributed by atoms with E-state index in [9.17, 15) is 9.59 Å². The van der Waals surface area contributed by atoms with Crippen molar-refractivity contribution in [3.8, 4) is 0 Å². The molecule has 0 saturated carbocycles. The first-order valence-electron chi connectivity index (χ1n) is 16.0. The summed E-state index contributed by atoms with van der Waals surface area (Å²) < 4.78 is 11.2. The number of halogens is 1. The number of aryl methyl sites for hydroxylation is 6. The Bertz CT molecular complexity index is 2360. The maximum absolute atomic E-state index is 13.5. The van der Waals surface area contributed by atoms with Crippen LogP contribution in [0.4, 0.5) is 0 Å². The van der Waals surface area contributed by atoms with Gasteiger partial charge in [0.1, 0.15) is 11.4 Å². The Balaban J connectivity index is 1.41. The highest BCUT2D eigenvalue weighted by Gasteiger charge is 2.18. The maximum atomic E-state index is 13.5. The van der Waals surface area contributed by atoms with Gasteiger partial charge in [-0.3, -0.25) is 19.0 Å². The molecule has 0 N–H and O–H groups in total. The van der Waals surface area contributed by atoms with Crippen molar-refractivity contribution in [2.24, 2.45) is 24.1 Å². The quantitative estimate of drug-likeness (QED) is 0.163. The van der Waals surface area contributed by atoms with Gasteiger partial charge in [0.2, 0.25) is 11.2 Å². The van der Waals surface area contributed by atoms with Crippen molar-refractivity contribution in [3.05, 3.63) is 106 Å². The summed E-state index contributed by atoms with van der Waals surface area (Å²) in [6, 6.07) is 17.4. The van der Waals surface area contributed by atoms with Crippen molar-refractivity contribution in [1.29, 1.82) is 0 Å². The van der Waals surface area contributed by atoms with E-state index in [1.54, 1.807) is 21.5 Å². The van der Waals surface area contributed by atoms with Crippen LogP contribution >= 0.6 is 11.6 Å². The zero-order valence-electron chi connectivity index (χ0n) is 28.1. The summed E-state index contributed by atoms with van der Waals surface area (Å²) in [4.78, 5) is 36.1. The van der Waals surface area contributed by atoms with Gasteiger partial charge in [-0.15, -0.1) is 11.6 Å². The molecule has 248 valence electrons. The van der Waals surface area contributed by atoms with Gasteiger partial charge in [-0.2, -0.15) is 20.2 Å². The molecule has 0 aliphatic heterocycles. The van der Waals surface area contributed by atoms with Gasteiger partial charge in [-0.05, 0) is 63.6 Å². The molecule has 12 nitrogen and oxygen atoms in total. The van der Waals surface area contributed by atoms with Crippen LogP contribution in [0.2, 0.25) is 0 Å². The number of hydrogen-bond donors (Lipinski definition) is 0. The largest absolute Gasteiger partial charge is 0.313 e. The molecule has 0 bridgehead atoms. The van der Waals surface area contributed by atoms with E-state index in [4.69, 9.17) is 11.6 Å². The smallest absolute Gasteiger partial charge is 0.298 e. The van der Waals surface area contributed by atoms with E-state index >= 15 is 0 Å². The van der Waals surface area contributed by atoms with Crippen LogP contribution in [-0.2, 0) is 46.2 Å². The summed E-state index contributed by atoms with van der Waals surface area (Å²) in [6.07, 6.45) is 4.07. The Kier molecular flexibility index (Phi) is 9.18. The second kappa shape index (κ2) is 13.5. The van der Waals surface area contributed by atoms with Crippen molar-refractivity contribution >= 4 is 45.5 Å². The van der Waals surface area contributed by atoms with Crippen LogP contribution < -0.4 is 11.2 Å². The van der Waals surface area contributed by atoms with Crippen molar-refractivity contribution in [3.63, 3.8) is 0 Å². The molecule has 4 heterocycles. The topological polar surface area (TPSA) is 114 Å². The number of nitrogens with zero attached hydrogens (tertiary/aromatic N) is 10. The lowest BCUT2D eigenvalue weighted by Crippen LogP contribution is -2.27. The Labute approximate surface area is 282 Å². The summed E-state index contributed by atoms with van der Waals surface area (Å²) in [7, 11) is 3.81. The number of amides is 2. The number of benzene rings is 2. The van der Waals surface area contributed by atoms with E-state index < -0.39 is 0 Å². The predicted octanol–water partition coefficient (Wildman–Crippen LogP) is 4.80. The third-order valence-corrected chi connectivity index (χ3v) is 8.77. The average Bonchev–Trinajstić information content (AvgIpc) is 3.81. The van der Waals surface area contributed by atoms with E-state index in [1.165, 1.54) is 0 Å². The summed E-state index contributed by atoms with van der Waals surface area (Å²) in [5, 5.41) is 8.85. The average molecular weight is 667 g/mol. The van der Waals surface area contributed by atoms with E-state index in [2.05, 4.69) is 20.2 Å².